The summed E-state index contributed by atoms with van der Waals surface area (Å²) in [6, 6.07) is 84.2. The highest BCUT2D eigenvalue weighted by Crippen LogP contribution is 2.47. The highest BCUT2D eigenvalue weighted by atomic mass is 16.3. The van der Waals surface area contributed by atoms with Gasteiger partial charge in [0, 0.05) is 21.9 Å². The van der Waals surface area contributed by atoms with Crippen molar-refractivity contribution in [3.05, 3.63) is 237 Å². The van der Waals surface area contributed by atoms with Gasteiger partial charge in [0.15, 0.2) is 17.5 Å². The summed E-state index contributed by atoms with van der Waals surface area (Å²) in [7, 11) is 0. The zero-order valence-electron chi connectivity index (χ0n) is 37.3. The molecule has 320 valence electrons. The number of aromatic nitrogens is 3. The van der Waals surface area contributed by atoms with Crippen LogP contribution in [0.1, 0.15) is 0 Å². The molecular weight excluding hydrogens is 839 g/mol. The third kappa shape index (κ3) is 6.27. The molecule has 2 heterocycles. The lowest BCUT2D eigenvalue weighted by Gasteiger charge is -2.19. The van der Waals surface area contributed by atoms with E-state index in [0.29, 0.717) is 17.5 Å². The van der Waals surface area contributed by atoms with Crippen LogP contribution >= 0.6 is 0 Å². The number of furan rings is 1. The minimum Gasteiger partial charge on any atom is -0.455 e. The van der Waals surface area contributed by atoms with Crippen molar-refractivity contribution in [2.45, 2.75) is 0 Å². The maximum absolute atomic E-state index is 6.62. The van der Waals surface area contributed by atoms with Crippen LogP contribution in [0.2, 0.25) is 0 Å². The largest absolute Gasteiger partial charge is 0.455 e. The Labute approximate surface area is 397 Å². The minimum atomic E-state index is 0.544. The molecule has 0 radical (unpaired) electrons. The van der Waals surface area contributed by atoms with E-state index in [2.05, 4.69) is 218 Å². The van der Waals surface area contributed by atoms with E-state index in [0.717, 1.165) is 66.1 Å². The molecule has 2 aromatic heterocycles. The van der Waals surface area contributed by atoms with Gasteiger partial charge in [-0.2, -0.15) is 0 Å². The van der Waals surface area contributed by atoms with Crippen LogP contribution < -0.4 is 0 Å². The highest BCUT2D eigenvalue weighted by Gasteiger charge is 2.22. The molecule has 0 saturated carbocycles. The molecule has 0 fully saturated rings. The Morgan fingerprint density at radius 3 is 1.45 bits per heavy atom. The minimum absolute atomic E-state index is 0.544. The van der Waals surface area contributed by atoms with Crippen molar-refractivity contribution in [3.8, 4) is 67.5 Å². The first-order valence-electron chi connectivity index (χ1n) is 23.4. The molecule has 0 aliphatic heterocycles. The zero-order valence-corrected chi connectivity index (χ0v) is 37.3. The van der Waals surface area contributed by atoms with Gasteiger partial charge in [0.25, 0.3) is 0 Å². The van der Waals surface area contributed by atoms with E-state index < -0.39 is 0 Å². The number of rotatable bonds is 6. The van der Waals surface area contributed by atoms with Crippen molar-refractivity contribution in [1.82, 2.24) is 15.0 Å². The molecule has 0 N–H and O–H groups in total. The Balaban J connectivity index is 1.00. The van der Waals surface area contributed by atoms with Crippen LogP contribution in [0.4, 0.5) is 0 Å². The summed E-state index contributed by atoms with van der Waals surface area (Å²) >= 11 is 0. The Bertz CT molecular complexity index is 4320. The molecule has 0 spiro atoms. The molecule has 0 aliphatic rings. The van der Waals surface area contributed by atoms with Crippen LogP contribution in [0.3, 0.4) is 0 Å². The monoisotopic (exact) mass is 877 g/mol. The fourth-order valence-corrected chi connectivity index (χ4v) is 10.8. The Hall–Kier alpha value is -9.25. The third-order valence-corrected chi connectivity index (χ3v) is 13.9. The number of benzene rings is 12. The first kappa shape index (κ1) is 39.0. The van der Waals surface area contributed by atoms with E-state index in [9.17, 15) is 0 Å². The van der Waals surface area contributed by atoms with Crippen molar-refractivity contribution in [2.24, 2.45) is 0 Å². The first-order chi connectivity index (χ1) is 34.2. The zero-order chi connectivity index (χ0) is 45.4. The molecule has 0 aliphatic carbocycles. The number of para-hydroxylation sites is 2. The molecule has 4 heteroatoms. The van der Waals surface area contributed by atoms with Crippen molar-refractivity contribution in [2.75, 3.05) is 0 Å². The normalized spacial score (nSPS) is 11.8. The Morgan fingerprint density at radius 2 is 0.725 bits per heavy atom. The lowest BCUT2D eigenvalue weighted by atomic mass is 9.84. The molecule has 0 bridgehead atoms. The topological polar surface area (TPSA) is 51.8 Å². The molecule has 12 aromatic carbocycles. The van der Waals surface area contributed by atoms with Gasteiger partial charge >= 0.3 is 0 Å². The van der Waals surface area contributed by atoms with Gasteiger partial charge < -0.3 is 4.42 Å². The Kier molecular flexibility index (Phi) is 8.86. The molecule has 0 amide bonds. The molecule has 0 atom stereocenters. The van der Waals surface area contributed by atoms with E-state index in [1.165, 1.54) is 59.8 Å². The van der Waals surface area contributed by atoms with Gasteiger partial charge in [-0.05, 0) is 118 Å². The summed E-state index contributed by atoms with van der Waals surface area (Å²) in [5.74, 6) is 1.71. The summed E-state index contributed by atoms with van der Waals surface area (Å²) in [6.45, 7) is 0. The van der Waals surface area contributed by atoms with E-state index in [1.807, 2.05) is 18.2 Å². The molecule has 0 unspecified atom stereocenters. The fourth-order valence-electron chi connectivity index (χ4n) is 10.8. The first-order valence-corrected chi connectivity index (χ1v) is 23.4. The standard InChI is InChI=1S/C65H39N3O/c1-2-18-40(19-3-1)60-50-29-10-12-31-52(50)61(53-32-13-11-30-51(53)60)54-36-37-56(47-26-8-7-25-46(47)54)64-66-63(67-65(68-64)57-34-17-33-55-49-28-14-15-35-59(49)69-62(55)57)43-22-16-21-41(38-43)58-39-42-20-4-5-23-44(42)45-24-6-9-27-48(45)58/h1-39H. The maximum atomic E-state index is 6.62. The lowest BCUT2D eigenvalue weighted by Crippen LogP contribution is -2.01. The predicted molar refractivity (Wildman–Crippen MR) is 287 cm³/mol. The molecule has 4 nitrogen and oxygen atoms in total. The SMILES string of the molecule is c1ccc(-c2c3ccccc3c(-c3ccc(-c4nc(-c5cccc(-c6cc7ccccc7c7ccccc67)c5)nc(-c5cccc6c5oc5ccccc56)n4)c4ccccc34)c3ccccc23)cc1. The average molecular weight is 878 g/mol. The van der Waals surface area contributed by atoms with E-state index in [-0.39, 0.29) is 0 Å². The van der Waals surface area contributed by atoms with Crippen LogP contribution in [0.15, 0.2) is 241 Å². The van der Waals surface area contributed by atoms with Gasteiger partial charge in [-0.15, -0.1) is 0 Å². The average Bonchev–Trinajstić information content (AvgIpc) is 3.81. The van der Waals surface area contributed by atoms with E-state index in [1.54, 1.807) is 0 Å². The van der Waals surface area contributed by atoms with E-state index >= 15 is 0 Å². The predicted octanol–water partition coefficient (Wildman–Crippen LogP) is 17.5. The molecular formula is C65H39N3O. The summed E-state index contributed by atoms with van der Waals surface area (Å²) < 4.78 is 6.62. The second kappa shape index (κ2) is 15.7. The van der Waals surface area contributed by atoms with Gasteiger partial charge in [0.2, 0.25) is 0 Å². The summed E-state index contributed by atoms with van der Waals surface area (Å²) in [5, 5.41) is 13.9. The van der Waals surface area contributed by atoms with Gasteiger partial charge in [-0.3, -0.25) is 0 Å². The van der Waals surface area contributed by atoms with Crippen LogP contribution in [-0.2, 0) is 0 Å². The third-order valence-electron chi connectivity index (χ3n) is 13.9. The van der Waals surface area contributed by atoms with Gasteiger partial charge in [0.05, 0.1) is 5.56 Å². The molecule has 14 rings (SSSR count). The summed E-state index contributed by atoms with van der Waals surface area (Å²) in [6.07, 6.45) is 0. The molecule has 0 saturated heterocycles. The van der Waals surface area contributed by atoms with Crippen LogP contribution in [0.5, 0.6) is 0 Å². The second-order valence-electron chi connectivity index (χ2n) is 17.8. The van der Waals surface area contributed by atoms with Crippen molar-refractivity contribution < 1.29 is 4.42 Å². The van der Waals surface area contributed by atoms with Gasteiger partial charge in [-0.25, -0.2) is 15.0 Å². The Morgan fingerprint density at radius 1 is 0.246 bits per heavy atom. The van der Waals surface area contributed by atoms with Crippen LogP contribution in [0, 0.1) is 0 Å². The number of fused-ring (bicyclic) bond motifs is 9. The maximum Gasteiger partial charge on any atom is 0.167 e. The van der Waals surface area contributed by atoms with Crippen molar-refractivity contribution in [3.63, 3.8) is 0 Å². The van der Waals surface area contributed by atoms with Crippen LogP contribution in [-0.4, -0.2) is 15.0 Å². The van der Waals surface area contributed by atoms with Crippen molar-refractivity contribution >= 4 is 75.8 Å². The fraction of sp³-hybridized carbons (Fsp3) is 0. The number of hydrogen-bond donors (Lipinski definition) is 0. The highest BCUT2D eigenvalue weighted by molar-refractivity contribution is 6.24. The number of nitrogens with zero attached hydrogens (tertiary/aromatic N) is 3. The summed E-state index contributed by atoms with van der Waals surface area (Å²) in [5.41, 5.74) is 11.2. The second-order valence-corrected chi connectivity index (χ2v) is 17.8. The van der Waals surface area contributed by atoms with Crippen LogP contribution in [0.25, 0.3) is 143 Å². The number of hydrogen-bond acceptors (Lipinski definition) is 4. The molecule has 69 heavy (non-hydrogen) atoms. The smallest absolute Gasteiger partial charge is 0.167 e. The van der Waals surface area contributed by atoms with Crippen molar-refractivity contribution in [1.29, 1.82) is 0 Å². The van der Waals surface area contributed by atoms with Gasteiger partial charge in [-0.1, -0.05) is 206 Å². The van der Waals surface area contributed by atoms with E-state index in [4.69, 9.17) is 19.4 Å². The summed E-state index contributed by atoms with van der Waals surface area (Å²) in [4.78, 5) is 16.1. The molecule has 14 aromatic rings. The quantitative estimate of drug-likeness (QED) is 0.123. The lowest BCUT2D eigenvalue weighted by molar-refractivity contribution is 0.669. The van der Waals surface area contributed by atoms with Gasteiger partial charge in [0.1, 0.15) is 11.2 Å².